The van der Waals surface area contributed by atoms with Gasteiger partial charge in [-0.15, -0.1) is 11.3 Å². The first kappa shape index (κ1) is 13.7. The summed E-state index contributed by atoms with van der Waals surface area (Å²) in [6.07, 6.45) is 2.27. The Morgan fingerprint density at radius 1 is 1.32 bits per heavy atom. The van der Waals surface area contributed by atoms with Crippen molar-refractivity contribution in [2.45, 2.75) is 33.1 Å². The van der Waals surface area contributed by atoms with Crippen LogP contribution in [-0.2, 0) is 6.42 Å². The fourth-order valence-electron chi connectivity index (χ4n) is 1.86. The summed E-state index contributed by atoms with van der Waals surface area (Å²) in [4.78, 5) is 13.7. The number of ether oxygens (including phenoxy) is 1. The summed E-state index contributed by atoms with van der Waals surface area (Å²) < 4.78 is 5.76. The van der Waals surface area contributed by atoms with E-state index in [0.717, 1.165) is 17.7 Å². The minimum atomic E-state index is 0.237. The molecular formula is C13H18N4OS. The smallest absolute Gasteiger partial charge is 0.222 e. The van der Waals surface area contributed by atoms with Gasteiger partial charge in [0, 0.05) is 11.3 Å². The van der Waals surface area contributed by atoms with Crippen LogP contribution in [0.1, 0.15) is 35.9 Å². The summed E-state index contributed by atoms with van der Waals surface area (Å²) in [5, 5.41) is 0. The van der Waals surface area contributed by atoms with Gasteiger partial charge in [-0.05, 0) is 12.8 Å². The zero-order valence-corrected chi connectivity index (χ0v) is 12.2. The molecule has 2 aromatic heterocycles. The van der Waals surface area contributed by atoms with Gasteiger partial charge in [0.25, 0.3) is 0 Å². The molecule has 0 aromatic carbocycles. The molecule has 0 spiro atoms. The molecule has 0 unspecified atom stereocenters. The number of anilines is 1. The summed E-state index contributed by atoms with van der Waals surface area (Å²) in [6, 6.07) is 0. The lowest BCUT2D eigenvalue weighted by atomic mass is 10.1. The molecule has 102 valence electrons. The highest BCUT2D eigenvalue weighted by Gasteiger charge is 2.14. The summed E-state index contributed by atoms with van der Waals surface area (Å²) in [7, 11) is 0. The van der Waals surface area contributed by atoms with Gasteiger partial charge < -0.3 is 10.5 Å². The monoisotopic (exact) mass is 278 g/mol. The number of aromatic nitrogens is 3. The fourth-order valence-corrected chi connectivity index (χ4v) is 2.62. The second-order valence-corrected chi connectivity index (χ2v) is 5.53. The van der Waals surface area contributed by atoms with Crippen molar-refractivity contribution < 1.29 is 4.74 Å². The van der Waals surface area contributed by atoms with Crippen LogP contribution in [0.25, 0.3) is 0 Å². The van der Waals surface area contributed by atoms with Crippen LogP contribution >= 0.6 is 11.3 Å². The lowest BCUT2D eigenvalue weighted by molar-refractivity contribution is 0.305. The number of nitrogens with two attached hydrogens (primary N) is 1. The number of nitrogen functional groups attached to an aromatic ring is 1. The third-order valence-corrected chi connectivity index (χ3v) is 3.86. The van der Waals surface area contributed by atoms with Crippen LogP contribution in [0, 0.1) is 6.92 Å². The molecule has 0 saturated heterocycles. The molecule has 0 fully saturated rings. The fraction of sp³-hybridized carbons (Fsp3) is 0.462. The van der Waals surface area contributed by atoms with Crippen LogP contribution in [0.4, 0.5) is 5.82 Å². The van der Waals surface area contributed by atoms with Crippen molar-refractivity contribution in [3.05, 3.63) is 28.0 Å². The highest BCUT2D eigenvalue weighted by atomic mass is 32.1. The zero-order valence-electron chi connectivity index (χ0n) is 11.4. The normalized spacial score (nSPS) is 10.9. The Morgan fingerprint density at radius 3 is 2.74 bits per heavy atom. The first-order valence-electron chi connectivity index (χ1n) is 6.21. The lowest BCUT2D eigenvalue weighted by Gasteiger charge is -2.13. The first-order valence-corrected chi connectivity index (χ1v) is 7.09. The Hall–Kier alpha value is -1.69. The molecule has 0 amide bonds. The Morgan fingerprint density at radius 2 is 2.11 bits per heavy atom. The molecule has 0 atom stereocenters. The van der Waals surface area contributed by atoms with Crippen LogP contribution in [0.2, 0.25) is 0 Å². The molecule has 0 saturated carbocycles. The van der Waals surface area contributed by atoms with Crippen LogP contribution in [0.15, 0.2) is 11.8 Å². The van der Waals surface area contributed by atoms with E-state index < -0.39 is 0 Å². The maximum absolute atomic E-state index is 5.87. The van der Waals surface area contributed by atoms with E-state index in [0.29, 0.717) is 18.3 Å². The molecule has 5 nitrogen and oxygen atoms in total. The highest BCUT2D eigenvalue weighted by Crippen LogP contribution is 2.28. The minimum absolute atomic E-state index is 0.237. The van der Waals surface area contributed by atoms with Crippen molar-refractivity contribution in [1.82, 2.24) is 15.0 Å². The van der Waals surface area contributed by atoms with Crippen LogP contribution in [-0.4, -0.2) is 21.6 Å². The average molecular weight is 278 g/mol. The Kier molecular flexibility index (Phi) is 4.31. The maximum atomic E-state index is 5.87. The third kappa shape index (κ3) is 3.20. The second-order valence-electron chi connectivity index (χ2n) is 4.59. The molecular weight excluding hydrogens is 260 g/mol. The quantitative estimate of drug-likeness (QED) is 0.910. The molecule has 0 radical (unpaired) electrons. The standard InChI is InChI=1S/C13H18N4OS/c1-8(2)11-12(14)15-6-16-13(11)18-5-4-10-9(3)17-7-19-10/h6-8H,4-5H2,1-3H3,(H2,14,15,16). The molecule has 6 heteroatoms. The molecule has 2 aromatic rings. The molecule has 2 heterocycles. The van der Waals surface area contributed by atoms with Crippen LogP contribution in [0.5, 0.6) is 5.88 Å². The number of rotatable bonds is 5. The summed E-state index contributed by atoms with van der Waals surface area (Å²) in [6.45, 7) is 6.68. The maximum Gasteiger partial charge on any atom is 0.222 e. The number of hydrogen-bond acceptors (Lipinski definition) is 6. The van der Waals surface area contributed by atoms with Crippen molar-refractivity contribution in [3.63, 3.8) is 0 Å². The summed E-state index contributed by atoms with van der Waals surface area (Å²) >= 11 is 1.65. The zero-order chi connectivity index (χ0) is 13.8. The molecule has 0 aliphatic heterocycles. The van der Waals surface area contributed by atoms with Gasteiger partial charge >= 0.3 is 0 Å². The van der Waals surface area contributed by atoms with E-state index in [9.17, 15) is 0 Å². The number of nitrogens with zero attached hydrogens (tertiary/aromatic N) is 3. The summed E-state index contributed by atoms with van der Waals surface area (Å²) in [5.74, 6) is 1.32. The van der Waals surface area contributed by atoms with Gasteiger partial charge in [-0.1, -0.05) is 13.8 Å². The van der Waals surface area contributed by atoms with Crippen LogP contribution in [0.3, 0.4) is 0 Å². The third-order valence-electron chi connectivity index (χ3n) is 2.87. The molecule has 2 N–H and O–H groups in total. The van der Waals surface area contributed by atoms with Crippen molar-refractivity contribution in [2.24, 2.45) is 0 Å². The SMILES string of the molecule is Cc1ncsc1CCOc1ncnc(N)c1C(C)C. The minimum Gasteiger partial charge on any atom is -0.477 e. The average Bonchev–Trinajstić information content (AvgIpc) is 2.75. The van der Waals surface area contributed by atoms with Crippen LogP contribution < -0.4 is 10.5 Å². The first-order chi connectivity index (χ1) is 9.09. The topological polar surface area (TPSA) is 73.9 Å². The van der Waals surface area contributed by atoms with Gasteiger partial charge in [-0.2, -0.15) is 0 Å². The lowest BCUT2D eigenvalue weighted by Crippen LogP contribution is -2.09. The van der Waals surface area contributed by atoms with E-state index >= 15 is 0 Å². The van der Waals surface area contributed by atoms with Gasteiger partial charge in [-0.25, -0.2) is 15.0 Å². The van der Waals surface area contributed by atoms with E-state index in [1.807, 2.05) is 12.4 Å². The van der Waals surface area contributed by atoms with Crippen molar-refractivity contribution >= 4 is 17.2 Å². The number of aryl methyl sites for hydroxylation is 1. The van der Waals surface area contributed by atoms with Gasteiger partial charge in [0.05, 0.1) is 23.4 Å². The Labute approximate surface area is 116 Å². The Balaban J connectivity index is 2.04. The molecule has 0 bridgehead atoms. The van der Waals surface area contributed by atoms with Crippen molar-refractivity contribution in [2.75, 3.05) is 12.3 Å². The van der Waals surface area contributed by atoms with Gasteiger partial charge in [0.2, 0.25) is 5.88 Å². The van der Waals surface area contributed by atoms with E-state index in [1.165, 1.54) is 11.2 Å². The van der Waals surface area contributed by atoms with Crippen molar-refractivity contribution in [1.29, 1.82) is 0 Å². The van der Waals surface area contributed by atoms with Gasteiger partial charge in [-0.3, -0.25) is 0 Å². The predicted molar refractivity (Wildman–Crippen MR) is 76.6 cm³/mol. The van der Waals surface area contributed by atoms with E-state index in [-0.39, 0.29) is 5.92 Å². The molecule has 19 heavy (non-hydrogen) atoms. The molecule has 0 aliphatic rings. The largest absolute Gasteiger partial charge is 0.477 e. The number of thiazole rings is 1. The summed E-state index contributed by atoms with van der Waals surface area (Å²) in [5.41, 5.74) is 9.68. The predicted octanol–water partition coefficient (Wildman–Crippen LogP) is 2.57. The second kappa shape index (κ2) is 5.97. The highest BCUT2D eigenvalue weighted by molar-refractivity contribution is 7.09. The Bertz CT molecular complexity index is 553. The van der Waals surface area contributed by atoms with E-state index in [2.05, 4.69) is 28.8 Å². The van der Waals surface area contributed by atoms with Gasteiger partial charge in [0.15, 0.2) is 0 Å². The van der Waals surface area contributed by atoms with Crippen molar-refractivity contribution in [3.8, 4) is 5.88 Å². The van der Waals surface area contributed by atoms with E-state index in [1.54, 1.807) is 11.3 Å². The molecule has 0 aliphatic carbocycles. The molecule has 2 rings (SSSR count). The van der Waals surface area contributed by atoms with Gasteiger partial charge in [0.1, 0.15) is 12.1 Å². The number of hydrogen-bond donors (Lipinski definition) is 1. The van der Waals surface area contributed by atoms with E-state index in [4.69, 9.17) is 10.5 Å².